The topological polar surface area (TPSA) is 108 Å². The number of halogens is 2. The van der Waals surface area contributed by atoms with Gasteiger partial charge in [0.15, 0.2) is 0 Å². The van der Waals surface area contributed by atoms with E-state index in [1.54, 1.807) is 44.4 Å². The van der Waals surface area contributed by atoms with E-state index in [0.717, 1.165) is 5.56 Å². The molecule has 3 rings (SSSR count). The Morgan fingerprint density at radius 1 is 1.03 bits per heavy atom. The number of aryl methyl sites for hydroxylation is 2. The molecule has 11 heteroatoms. The van der Waals surface area contributed by atoms with Crippen LogP contribution in [-0.2, 0) is 22.6 Å². The molecule has 0 saturated carbocycles. The highest BCUT2D eigenvalue weighted by molar-refractivity contribution is 9.10. The Morgan fingerprint density at radius 2 is 1.79 bits per heavy atom. The second-order valence-electron chi connectivity index (χ2n) is 8.40. The Kier molecular flexibility index (Phi) is 10.0. The first-order valence-corrected chi connectivity index (χ1v) is 12.5. The molecule has 0 spiro atoms. The highest BCUT2D eigenvalue weighted by Gasteiger charge is 2.17. The van der Waals surface area contributed by atoms with Gasteiger partial charge in [0.05, 0.1) is 19.4 Å². The lowest BCUT2D eigenvalue weighted by Crippen LogP contribution is -2.28. The SMILES string of the molecule is COCCNC(=O)c1ccc(C)c(-n2c(C)cc(OCc3ccc(F)cc3CNC(=O)OC)c(Br)c2=O)c1. The van der Waals surface area contributed by atoms with Crippen LogP contribution in [0.25, 0.3) is 5.69 Å². The van der Waals surface area contributed by atoms with E-state index < -0.39 is 11.9 Å². The number of rotatable bonds is 10. The Morgan fingerprint density at radius 3 is 2.50 bits per heavy atom. The monoisotopic (exact) mass is 589 g/mol. The molecular weight excluding hydrogens is 561 g/mol. The van der Waals surface area contributed by atoms with Gasteiger partial charge in [-0.3, -0.25) is 14.2 Å². The van der Waals surface area contributed by atoms with Crippen LogP contribution >= 0.6 is 15.9 Å². The second-order valence-corrected chi connectivity index (χ2v) is 9.19. The van der Waals surface area contributed by atoms with E-state index >= 15 is 0 Å². The average molecular weight is 590 g/mol. The van der Waals surface area contributed by atoms with E-state index in [0.29, 0.717) is 47.0 Å². The molecule has 0 aliphatic carbocycles. The van der Waals surface area contributed by atoms with Crippen molar-refractivity contribution in [2.45, 2.75) is 27.0 Å². The molecule has 0 unspecified atom stereocenters. The summed E-state index contributed by atoms with van der Waals surface area (Å²) in [4.78, 5) is 37.4. The summed E-state index contributed by atoms with van der Waals surface area (Å²) in [5.74, 6) is -0.434. The van der Waals surface area contributed by atoms with E-state index in [2.05, 4.69) is 31.3 Å². The number of ether oxygens (including phenoxy) is 3. The number of nitrogens with zero attached hydrogens (tertiary/aromatic N) is 1. The van der Waals surface area contributed by atoms with Gasteiger partial charge in [-0.1, -0.05) is 12.1 Å². The molecule has 1 aromatic heterocycles. The maximum atomic E-state index is 13.8. The van der Waals surface area contributed by atoms with Crippen molar-refractivity contribution >= 4 is 27.9 Å². The highest BCUT2D eigenvalue weighted by Crippen LogP contribution is 2.27. The summed E-state index contributed by atoms with van der Waals surface area (Å²) in [7, 11) is 2.79. The highest BCUT2D eigenvalue weighted by atomic mass is 79.9. The molecule has 0 radical (unpaired) electrons. The number of aromatic nitrogens is 1. The summed E-state index contributed by atoms with van der Waals surface area (Å²) in [5.41, 5.74) is 3.12. The quantitative estimate of drug-likeness (QED) is 0.344. The lowest BCUT2D eigenvalue weighted by molar-refractivity contribution is 0.0937. The molecule has 0 bridgehead atoms. The van der Waals surface area contributed by atoms with Crippen molar-refractivity contribution in [3.05, 3.63) is 91.1 Å². The number of carbonyl (C=O) groups is 2. The average Bonchev–Trinajstić information content (AvgIpc) is 2.90. The maximum Gasteiger partial charge on any atom is 0.407 e. The van der Waals surface area contributed by atoms with Gasteiger partial charge in [0, 0.05) is 37.5 Å². The van der Waals surface area contributed by atoms with Crippen molar-refractivity contribution in [3.63, 3.8) is 0 Å². The minimum Gasteiger partial charge on any atom is -0.487 e. The number of amides is 2. The van der Waals surface area contributed by atoms with E-state index in [1.807, 2.05) is 6.92 Å². The van der Waals surface area contributed by atoms with E-state index in [-0.39, 0.29) is 29.1 Å². The molecule has 0 aliphatic rings. The van der Waals surface area contributed by atoms with E-state index in [9.17, 15) is 18.8 Å². The number of methoxy groups -OCH3 is 2. The van der Waals surface area contributed by atoms with Crippen molar-refractivity contribution < 1.29 is 28.2 Å². The van der Waals surface area contributed by atoms with Gasteiger partial charge in [-0.15, -0.1) is 0 Å². The molecule has 38 heavy (non-hydrogen) atoms. The van der Waals surface area contributed by atoms with Gasteiger partial charge in [0.1, 0.15) is 22.6 Å². The fourth-order valence-corrected chi connectivity index (χ4v) is 4.15. The molecular formula is C27H29BrFN3O6. The van der Waals surface area contributed by atoms with Crippen molar-refractivity contribution in [1.29, 1.82) is 0 Å². The van der Waals surface area contributed by atoms with Crippen molar-refractivity contribution in [1.82, 2.24) is 15.2 Å². The largest absolute Gasteiger partial charge is 0.487 e. The molecule has 0 fully saturated rings. The number of nitrogens with one attached hydrogen (secondary N) is 2. The Labute approximate surface area is 228 Å². The summed E-state index contributed by atoms with van der Waals surface area (Å²) in [6.07, 6.45) is -0.644. The first kappa shape index (κ1) is 28.9. The van der Waals surface area contributed by atoms with Crippen LogP contribution in [0.3, 0.4) is 0 Å². The summed E-state index contributed by atoms with van der Waals surface area (Å²) >= 11 is 3.35. The molecule has 0 aliphatic heterocycles. The van der Waals surface area contributed by atoms with Gasteiger partial charge in [-0.05, 0) is 70.7 Å². The van der Waals surface area contributed by atoms with Gasteiger partial charge in [0.2, 0.25) is 0 Å². The molecule has 0 saturated heterocycles. The third-order valence-electron chi connectivity index (χ3n) is 5.76. The van der Waals surface area contributed by atoms with Crippen LogP contribution in [0.2, 0.25) is 0 Å². The molecule has 2 N–H and O–H groups in total. The Hall–Kier alpha value is -3.70. The lowest BCUT2D eigenvalue weighted by Gasteiger charge is -2.18. The first-order chi connectivity index (χ1) is 18.2. The third-order valence-corrected chi connectivity index (χ3v) is 6.49. The maximum absolute atomic E-state index is 13.8. The standard InChI is InChI=1S/C27H29BrFN3O6/c1-16-5-6-18(25(33)30-9-10-36-3)13-22(16)32-17(2)11-23(24(28)26(32)34)38-15-19-7-8-21(29)12-20(19)14-31-27(35)37-4/h5-8,11-13H,9-10,14-15H2,1-4H3,(H,30,33)(H,31,35). The van der Waals surface area contributed by atoms with Crippen LogP contribution in [0.5, 0.6) is 5.75 Å². The molecule has 1 heterocycles. The van der Waals surface area contributed by atoms with Gasteiger partial charge in [-0.25, -0.2) is 9.18 Å². The van der Waals surface area contributed by atoms with Gasteiger partial charge in [-0.2, -0.15) is 0 Å². The van der Waals surface area contributed by atoms with Crippen LogP contribution in [0.15, 0.2) is 51.7 Å². The van der Waals surface area contributed by atoms with E-state index in [1.165, 1.54) is 23.8 Å². The van der Waals surface area contributed by atoms with Gasteiger partial charge in [0.25, 0.3) is 11.5 Å². The number of alkyl carbamates (subject to hydrolysis) is 1. The minimum absolute atomic E-state index is 0.0239. The molecule has 3 aromatic rings. The fraction of sp³-hybridized carbons (Fsp3) is 0.296. The summed E-state index contributed by atoms with van der Waals surface area (Å²) in [6, 6.07) is 11.0. The van der Waals surface area contributed by atoms with Crippen LogP contribution in [-0.4, -0.2) is 43.9 Å². The zero-order valence-corrected chi connectivity index (χ0v) is 23.1. The molecule has 2 aromatic carbocycles. The predicted octanol–water partition coefficient (Wildman–Crippen LogP) is 4.17. The van der Waals surface area contributed by atoms with Crippen LogP contribution in [0, 0.1) is 19.7 Å². The van der Waals surface area contributed by atoms with Crippen molar-refractivity contribution in [3.8, 4) is 11.4 Å². The molecule has 2 amide bonds. The zero-order valence-electron chi connectivity index (χ0n) is 21.5. The van der Waals surface area contributed by atoms with Gasteiger partial charge < -0.3 is 24.8 Å². The summed E-state index contributed by atoms with van der Waals surface area (Å²) in [6.45, 7) is 4.43. The van der Waals surface area contributed by atoms with Crippen LogP contribution in [0.4, 0.5) is 9.18 Å². The Bertz CT molecular complexity index is 1390. The van der Waals surface area contributed by atoms with Crippen molar-refractivity contribution in [2.75, 3.05) is 27.4 Å². The summed E-state index contributed by atoms with van der Waals surface area (Å²) < 4.78 is 31.0. The Balaban J connectivity index is 1.88. The molecule has 0 atom stereocenters. The van der Waals surface area contributed by atoms with Crippen LogP contribution < -0.4 is 20.9 Å². The number of carbonyl (C=O) groups excluding carboxylic acids is 2. The normalized spacial score (nSPS) is 10.7. The number of pyridine rings is 1. The minimum atomic E-state index is -0.644. The molecule has 202 valence electrons. The predicted molar refractivity (Wildman–Crippen MR) is 143 cm³/mol. The first-order valence-electron chi connectivity index (χ1n) is 11.7. The smallest absolute Gasteiger partial charge is 0.407 e. The second kappa shape index (κ2) is 13.2. The third kappa shape index (κ3) is 6.99. The fourth-order valence-electron chi connectivity index (χ4n) is 3.74. The van der Waals surface area contributed by atoms with Crippen molar-refractivity contribution in [2.24, 2.45) is 0 Å². The lowest BCUT2D eigenvalue weighted by atomic mass is 10.1. The van der Waals surface area contributed by atoms with Crippen LogP contribution in [0.1, 0.15) is 32.7 Å². The van der Waals surface area contributed by atoms with Gasteiger partial charge >= 0.3 is 6.09 Å². The number of benzene rings is 2. The number of hydrogen-bond donors (Lipinski definition) is 2. The summed E-state index contributed by atoms with van der Waals surface area (Å²) in [5, 5.41) is 5.29. The zero-order chi connectivity index (χ0) is 27.8. The van der Waals surface area contributed by atoms with E-state index in [4.69, 9.17) is 9.47 Å². The number of hydrogen-bond acceptors (Lipinski definition) is 6. The molecule has 9 nitrogen and oxygen atoms in total.